The summed E-state index contributed by atoms with van der Waals surface area (Å²) in [5.74, 6) is -0.913. The van der Waals surface area contributed by atoms with Crippen molar-refractivity contribution in [2.24, 2.45) is 0 Å². The molecule has 3 aromatic rings. The van der Waals surface area contributed by atoms with E-state index in [9.17, 15) is 14.4 Å². The Morgan fingerprint density at radius 1 is 1.00 bits per heavy atom. The third kappa shape index (κ3) is 5.69. The number of nitrogens with zero attached hydrogens (tertiary/aromatic N) is 1. The maximum atomic E-state index is 13.4. The molecule has 2 heterocycles. The van der Waals surface area contributed by atoms with E-state index in [-0.39, 0.29) is 30.8 Å². The second-order valence-electron chi connectivity index (χ2n) is 8.18. The summed E-state index contributed by atoms with van der Waals surface area (Å²) in [5, 5.41) is 6.09. The topological polar surface area (TPSA) is 105 Å². The Bertz CT molecular complexity index is 1110. The lowest BCUT2D eigenvalue weighted by molar-refractivity contribution is -0.141. The van der Waals surface area contributed by atoms with Gasteiger partial charge in [-0.15, -0.1) is 0 Å². The number of carbonyl (C=O) groups is 3. The molecule has 9 heteroatoms. The zero-order valence-electron chi connectivity index (χ0n) is 18.5. The van der Waals surface area contributed by atoms with Crippen LogP contribution in [-0.4, -0.2) is 35.2 Å². The first-order valence-electron chi connectivity index (χ1n) is 11.2. The zero-order chi connectivity index (χ0) is 23.9. The minimum absolute atomic E-state index is 0.0541. The second-order valence-corrected chi connectivity index (χ2v) is 8.59. The highest BCUT2D eigenvalue weighted by molar-refractivity contribution is 6.31. The molecule has 1 saturated carbocycles. The van der Waals surface area contributed by atoms with Crippen molar-refractivity contribution in [3.8, 4) is 0 Å². The van der Waals surface area contributed by atoms with Gasteiger partial charge in [0.25, 0.3) is 11.8 Å². The van der Waals surface area contributed by atoms with Crippen molar-refractivity contribution >= 4 is 29.3 Å². The highest BCUT2D eigenvalue weighted by Crippen LogP contribution is 2.28. The molecule has 178 valence electrons. The van der Waals surface area contributed by atoms with Gasteiger partial charge in [-0.1, -0.05) is 42.6 Å². The van der Waals surface area contributed by atoms with Crippen molar-refractivity contribution in [1.29, 1.82) is 0 Å². The van der Waals surface area contributed by atoms with E-state index in [0.29, 0.717) is 16.3 Å². The summed E-state index contributed by atoms with van der Waals surface area (Å²) in [6.07, 6.45) is 6.74. The summed E-state index contributed by atoms with van der Waals surface area (Å²) >= 11 is 6.37. The molecule has 2 aromatic heterocycles. The van der Waals surface area contributed by atoms with Crippen LogP contribution in [0.2, 0.25) is 5.02 Å². The number of nitrogens with one attached hydrogen (secondary N) is 2. The van der Waals surface area contributed by atoms with Gasteiger partial charge in [-0.05, 0) is 48.7 Å². The predicted octanol–water partition coefficient (Wildman–Crippen LogP) is 4.08. The Morgan fingerprint density at radius 2 is 1.74 bits per heavy atom. The van der Waals surface area contributed by atoms with Crippen LogP contribution in [0.3, 0.4) is 0 Å². The van der Waals surface area contributed by atoms with E-state index in [1.165, 1.54) is 23.5 Å². The van der Waals surface area contributed by atoms with Gasteiger partial charge in [-0.25, -0.2) is 0 Å². The fourth-order valence-corrected chi connectivity index (χ4v) is 4.30. The molecule has 1 aliphatic rings. The van der Waals surface area contributed by atoms with Crippen LogP contribution in [0, 0.1) is 0 Å². The quantitative estimate of drug-likeness (QED) is 0.477. The van der Waals surface area contributed by atoms with Crippen LogP contribution in [0.5, 0.6) is 0 Å². The van der Waals surface area contributed by atoms with Crippen LogP contribution in [0.4, 0.5) is 0 Å². The summed E-state index contributed by atoms with van der Waals surface area (Å²) in [6, 6.07) is 12.6. The molecule has 34 heavy (non-hydrogen) atoms. The van der Waals surface area contributed by atoms with Crippen LogP contribution in [0.25, 0.3) is 0 Å². The molecular weight excluding hydrogens is 458 g/mol. The van der Waals surface area contributed by atoms with E-state index in [4.69, 9.17) is 20.4 Å². The SMILES string of the molecule is O=C(NCC(=O)N(Cc1ccccc1Cl)C(C(=O)NC1CCCC1)c1ccco1)c1ccco1. The van der Waals surface area contributed by atoms with Gasteiger partial charge in [0.05, 0.1) is 19.1 Å². The largest absolute Gasteiger partial charge is 0.467 e. The zero-order valence-corrected chi connectivity index (χ0v) is 19.3. The molecule has 1 aromatic carbocycles. The lowest BCUT2D eigenvalue weighted by Crippen LogP contribution is -2.48. The summed E-state index contributed by atoms with van der Waals surface area (Å²) < 4.78 is 10.7. The number of benzene rings is 1. The lowest BCUT2D eigenvalue weighted by atomic mass is 10.1. The van der Waals surface area contributed by atoms with Gasteiger partial charge in [-0.2, -0.15) is 0 Å². The van der Waals surface area contributed by atoms with Crippen LogP contribution in [0.1, 0.15) is 53.6 Å². The third-order valence-electron chi connectivity index (χ3n) is 5.84. The predicted molar refractivity (Wildman–Crippen MR) is 125 cm³/mol. The molecule has 1 fully saturated rings. The molecule has 0 spiro atoms. The number of furan rings is 2. The smallest absolute Gasteiger partial charge is 0.287 e. The average molecular weight is 484 g/mol. The molecule has 2 N–H and O–H groups in total. The average Bonchev–Trinajstić information content (AvgIpc) is 3.62. The Balaban J connectivity index is 1.60. The maximum absolute atomic E-state index is 13.4. The summed E-state index contributed by atoms with van der Waals surface area (Å²) in [4.78, 5) is 40.6. The summed E-state index contributed by atoms with van der Waals surface area (Å²) in [5.41, 5.74) is 0.667. The fraction of sp³-hybridized carbons (Fsp3) is 0.320. The van der Waals surface area contributed by atoms with Crippen molar-refractivity contribution in [3.63, 3.8) is 0 Å². The highest BCUT2D eigenvalue weighted by atomic mass is 35.5. The molecule has 3 amide bonds. The Morgan fingerprint density at radius 3 is 2.41 bits per heavy atom. The molecule has 0 radical (unpaired) electrons. The van der Waals surface area contributed by atoms with E-state index < -0.39 is 17.9 Å². The van der Waals surface area contributed by atoms with Crippen LogP contribution >= 0.6 is 11.6 Å². The standard InChI is InChI=1S/C25H26ClN3O5/c26-19-10-4-1-7-17(19)16-29(22(30)15-27-24(31)21-12-6-14-34-21)23(20-11-5-13-33-20)25(32)28-18-8-2-3-9-18/h1,4-7,10-14,18,23H,2-3,8-9,15-16H2,(H,27,31)(H,28,32). The van der Waals surface area contributed by atoms with Gasteiger partial charge >= 0.3 is 0 Å². The molecule has 1 atom stereocenters. The molecule has 0 bridgehead atoms. The first-order valence-corrected chi connectivity index (χ1v) is 11.6. The van der Waals surface area contributed by atoms with Crippen molar-refractivity contribution in [2.45, 2.75) is 44.3 Å². The van der Waals surface area contributed by atoms with E-state index >= 15 is 0 Å². The number of amides is 3. The molecule has 1 unspecified atom stereocenters. The molecule has 0 aliphatic heterocycles. The van der Waals surface area contributed by atoms with Gasteiger partial charge in [0, 0.05) is 17.6 Å². The van der Waals surface area contributed by atoms with Crippen molar-refractivity contribution in [3.05, 3.63) is 83.2 Å². The van der Waals surface area contributed by atoms with Crippen molar-refractivity contribution in [1.82, 2.24) is 15.5 Å². The molecule has 1 aliphatic carbocycles. The van der Waals surface area contributed by atoms with Gasteiger partial charge in [0.2, 0.25) is 5.91 Å². The summed E-state index contributed by atoms with van der Waals surface area (Å²) in [6.45, 7) is -0.281. The molecule has 4 rings (SSSR count). The van der Waals surface area contributed by atoms with Crippen molar-refractivity contribution in [2.75, 3.05) is 6.54 Å². The fourth-order valence-electron chi connectivity index (χ4n) is 4.11. The van der Waals surface area contributed by atoms with Crippen molar-refractivity contribution < 1.29 is 23.2 Å². The molecular formula is C25H26ClN3O5. The van der Waals surface area contributed by atoms with E-state index in [1.54, 1.807) is 36.4 Å². The minimum atomic E-state index is -1.03. The maximum Gasteiger partial charge on any atom is 0.287 e. The molecule has 0 saturated heterocycles. The Labute approximate surface area is 202 Å². The van der Waals surface area contributed by atoms with Gasteiger partial charge in [0.15, 0.2) is 11.8 Å². The number of carbonyl (C=O) groups excluding carboxylic acids is 3. The summed E-state index contributed by atoms with van der Waals surface area (Å²) in [7, 11) is 0. The van der Waals surface area contributed by atoms with Gasteiger partial charge in [-0.3, -0.25) is 14.4 Å². The van der Waals surface area contributed by atoms with Crippen LogP contribution in [-0.2, 0) is 16.1 Å². The normalized spacial score (nSPS) is 14.5. The van der Waals surface area contributed by atoms with Crippen LogP contribution < -0.4 is 10.6 Å². The highest BCUT2D eigenvalue weighted by Gasteiger charge is 2.35. The lowest BCUT2D eigenvalue weighted by Gasteiger charge is -2.31. The number of halogens is 1. The Kier molecular flexibility index (Phi) is 7.69. The van der Waals surface area contributed by atoms with Gasteiger partial charge in [0.1, 0.15) is 5.76 Å². The van der Waals surface area contributed by atoms with Crippen LogP contribution in [0.15, 0.2) is 69.9 Å². The van der Waals surface area contributed by atoms with E-state index in [2.05, 4.69) is 10.6 Å². The number of hydrogen-bond acceptors (Lipinski definition) is 5. The first kappa shape index (κ1) is 23.6. The number of hydrogen-bond donors (Lipinski definition) is 2. The third-order valence-corrected chi connectivity index (χ3v) is 6.21. The van der Waals surface area contributed by atoms with Gasteiger partial charge < -0.3 is 24.4 Å². The first-order chi connectivity index (χ1) is 16.5. The van der Waals surface area contributed by atoms with E-state index in [1.807, 2.05) is 6.07 Å². The second kappa shape index (κ2) is 11.1. The number of rotatable bonds is 9. The Hall–Kier alpha value is -3.52. The molecule has 8 nitrogen and oxygen atoms in total. The monoisotopic (exact) mass is 483 g/mol. The minimum Gasteiger partial charge on any atom is -0.467 e. The van der Waals surface area contributed by atoms with E-state index in [0.717, 1.165) is 25.7 Å².